The van der Waals surface area contributed by atoms with Gasteiger partial charge in [-0.25, -0.2) is 4.99 Å². The van der Waals surface area contributed by atoms with Crippen LogP contribution in [0.2, 0.25) is 0 Å². The van der Waals surface area contributed by atoms with Crippen molar-refractivity contribution >= 4 is 12.1 Å². The molecule has 2 aliphatic rings. The number of dihydropyridines is 1. The average Bonchev–Trinajstić information content (AvgIpc) is 2.27. The van der Waals surface area contributed by atoms with Crippen LogP contribution in [-0.2, 0) is 4.79 Å². The van der Waals surface area contributed by atoms with Crippen molar-refractivity contribution in [2.24, 2.45) is 10.9 Å². The summed E-state index contributed by atoms with van der Waals surface area (Å²) in [5, 5.41) is 0. The van der Waals surface area contributed by atoms with E-state index < -0.39 is 0 Å². The minimum absolute atomic E-state index is 0.105. The lowest BCUT2D eigenvalue weighted by atomic mass is 10.0. The molecule has 1 amide bonds. The van der Waals surface area contributed by atoms with E-state index in [-0.39, 0.29) is 5.91 Å². The van der Waals surface area contributed by atoms with Crippen molar-refractivity contribution < 1.29 is 4.79 Å². The molecular weight excluding hydrogens is 140 g/mol. The number of likely N-dealkylation sites (tertiary alicyclic amines) is 1. The van der Waals surface area contributed by atoms with Gasteiger partial charge in [-0.05, 0) is 12.6 Å². The van der Waals surface area contributed by atoms with Gasteiger partial charge in [0.25, 0.3) is 5.91 Å². The summed E-state index contributed by atoms with van der Waals surface area (Å²) in [7, 11) is 2.05. The van der Waals surface area contributed by atoms with Crippen LogP contribution in [0.25, 0.3) is 0 Å². The van der Waals surface area contributed by atoms with Gasteiger partial charge in [0.15, 0.2) is 0 Å². The van der Waals surface area contributed by atoms with Gasteiger partial charge in [0.2, 0.25) is 0 Å². The number of hydrogen-bond donors (Lipinski definition) is 0. The molecule has 0 bridgehead atoms. The number of rotatable bonds is 0. The minimum Gasteiger partial charge on any atom is -0.301 e. The fourth-order valence-corrected chi connectivity index (χ4v) is 1.60. The number of likely N-dealkylation sites (N-methyl/N-ethyl adjacent to an activating group) is 1. The molecule has 1 saturated heterocycles. The van der Waals surface area contributed by atoms with Crippen molar-refractivity contribution in [3.05, 3.63) is 11.6 Å². The van der Waals surface area contributed by atoms with Gasteiger partial charge in [-0.3, -0.25) is 4.79 Å². The molecule has 0 aromatic rings. The first-order valence-corrected chi connectivity index (χ1v) is 3.73. The normalized spacial score (nSPS) is 30.5. The van der Waals surface area contributed by atoms with Crippen molar-refractivity contribution in [2.75, 3.05) is 20.1 Å². The van der Waals surface area contributed by atoms with Crippen LogP contribution in [0.15, 0.2) is 16.6 Å². The zero-order chi connectivity index (χ0) is 7.84. The van der Waals surface area contributed by atoms with Crippen LogP contribution in [0.5, 0.6) is 0 Å². The monoisotopic (exact) mass is 150 g/mol. The van der Waals surface area contributed by atoms with E-state index in [0.29, 0.717) is 5.92 Å². The second-order valence-electron chi connectivity index (χ2n) is 3.14. The number of carbonyl (C=O) groups excluding carboxylic acids is 1. The van der Waals surface area contributed by atoms with Crippen molar-refractivity contribution in [3.63, 3.8) is 0 Å². The molecule has 0 aromatic carbocycles. The molecule has 0 saturated carbocycles. The van der Waals surface area contributed by atoms with Crippen LogP contribution >= 0.6 is 0 Å². The highest BCUT2D eigenvalue weighted by Gasteiger charge is 2.26. The van der Waals surface area contributed by atoms with Crippen LogP contribution in [0.1, 0.15) is 0 Å². The number of fused-ring (bicyclic) bond motifs is 1. The summed E-state index contributed by atoms with van der Waals surface area (Å²) in [6, 6.07) is 0. The first-order valence-electron chi connectivity index (χ1n) is 3.73. The van der Waals surface area contributed by atoms with Gasteiger partial charge in [-0.15, -0.1) is 0 Å². The summed E-state index contributed by atoms with van der Waals surface area (Å²) < 4.78 is 0. The molecule has 1 fully saturated rings. The third-order valence-electron chi connectivity index (χ3n) is 2.13. The predicted octanol–water partition coefficient (Wildman–Crippen LogP) is 0.0854. The summed E-state index contributed by atoms with van der Waals surface area (Å²) in [6.07, 6.45) is 3.43. The Kier molecular flexibility index (Phi) is 1.39. The largest absolute Gasteiger partial charge is 0.301 e. The van der Waals surface area contributed by atoms with E-state index in [1.807, 2.05) is 0 Å². The zero-order valence-electron chi connectivity index (χ0n) is 6.45. The fourth-order valence-electron chi connectivity index (χ4n) is 1.60. The van der Waals surface area contributed by atoms with Crippen LogP contribution in [0.4, 0.5) is 0 Å². The summed E-state index contributed by atoms with van der Waals surface area (Å²) in [6.45, 7) is 1.92. The lowest BCUT2D eigenvalue weighted by molar-refractivity contribution is -0.113. The molecule has 1 unspecified atom stereocenters. The van der Waals surface area contributed by atoms with Crippen LogP contribution < -0.4 is 0 Å². The van der Waals surface area contributed by atoms with Gasteiger partial charge < -0.3 is 4.90 Å². The summed E-state index contributed by atoms with van der Waals surface area (Å²) >= 11 is 0. The highest BCUT2D eigenvalue weighted by atomic mass is 16.1. The molecule has 3 heteroatoms. The van der Waals surface area contributed by atoms with E-state index in [0.717, 1.165) is 13.1 Å². The highest BCUT2D eigenvalue weighted by molar-refractivity contribution is 5.98. The van der Waals surface area contributed by atoms with Crippen LogP contribution in [-0.4, -0.2) is 37.2 Å². The SMILES string of the molecule is CN1CC2=CC(=O)N=CC2C1. The van der Waals surface area contributed by atoms with Crippen molar-refractivity contribution in [3.8, 4) is 0 Å². The van der Waals surface area contributed by atoms with Gasteiger partial charge in [0.1, 0.15) is 0 Å². The molecule has 2 rings (SSSR count). The van der Waals surface area contributed by atoms with Crippen molar-refractivity contribution in [2.45, 2.75) is 0 Å². The number of carbonyl (C=O) groups is 1. The highest BCUT2D eigenvalue weighted by Crippen LogP contribution is 2.21. The summed E-state index contributed by atoms with van der Waals surface area (Å²) in [5.41, 5.74) is 1.22. The van der Waals surface area contributed by atoms with E-state index >= 15 is 0 Å². The molecule has 2 heterocycles. The van der Waals surface area contributed by atoms with E-state index in [1.165, 1.54) is 5.57 Å². The molecule has 0 spiro atoms. The Hall–Kier alpha value is -0.960. The van der Waals surface area contributed by atoms with Crippen molar-refractivity contribution in [1.82, 2.24) is 4.90 Å². The average molecular weight is 150 g/mol. The quantitative estimate of drug-likeness (QED) is 0.490. The minimum atomic E-state index is -0.105. The topological polar surface area (TPSA) is 32.7 Å². The molecule has 2 aliphatic heterocycles. The second-order valence-corrected chi connectivity index (χ2v) is 3.14. The number of hydrogen-bond acceptors (Lipinski definition) is 2. The van der Waals surface area contributed by atoms with Gasteiger partial charge in [0.05, 0.1) is 0 Å². The lowest BCUT2D eigenvalue weighted by Crippen LogP contribution is -2.15. The molecule has 0 aliphatic carbocycles. The molecular formula is C8H10N2O. The Labute approximate surface area is 65.4 Å². The second kappa shape index (κ2) is 2.27. The smallest absolute Gasteiger partial charge is 0.269 e. The van der Waals surface area contributed by atoms with Crippen molar-refractivity contribution in [1.29, 1.82) is 0 Å². The fraction of sp³-hybridized carbons (Fsp3) is 0.500. The predicted molar refractivity (Wildman–Crippen MR) is 42.6 cm³/mol. The number of amides is 1. The van der Waals surface area contributed by atoms with E-state index in [1.54, 1.807) is 12.3 Å². The first kappa shape index (κ1) is 6.73. The van der Waals surface area contributed by atoms with E-state index in [9.17, 15) is 4.79 Å². The van der Waals surface area contributed by atoms with Gasteiger partial charge in [-0.1, -0.05) is 0 Å². The molecule has 3 nitrogen and oxygen atoms in total. The maximum atomic E-state index is 10.8. The Morgan fingerprint density at radius 2 is 2.55 bits per heavy atom. The van der Waals surface area contributed by atoms with E-state index in [2.05, 4.69) is 16.9 Å². The maximum Gasteiger partial charge on any atom is 0.269 e. The lowest BCUT2D eigenvalue weighted by Gasteiger charge is -2.06. The van der Waals surface area contributed by atoms with Crippen LogP contribution in [0, 0.1) is 5.92 Å². The number of aliphatic imine (C=N–C) groups is 1. The zero-order valence-corrected chi connectivity index (χ0v) is 6.45. The molecule has 0 aromatic heterocycles. The number of nitrogens with zero attached hydrogens (tertiary/aromatic N) is 2. The van der Waals surface area contributed by atoms with Gasteiger partial charge >= 0.3 is 0 Å². The molecule has 11 heavy (non-hydrogen) atoms. The Morgan fingerprint density at radius 3 is 3.36 bits per heavy atom. The van der Waals surface area contributed by atoms with E-state index in [4.69, 9.17) is 0 Å². The first-order chi connectivity index (χ1) is 5.25. The Balaban J connectivity index is 2.26. The van der Waals surface area contributed by atoms with Crippen LogP contribution in [0.3, 0.4) is 0 Å². The summed E-state index contributed by atoms with van der Waals surface area (Å²) in [4.78, 5) is 16.8. The maximum absolute atomic E-state index is 10.8. The molecule has 0 N–H and O–H groups in total. The molecule has 1 atom stereocenters. The Bertz CT molecular complexity index is 255. The molecule has 0 radical (unpaired) electrons. The van der Waals surface area contributed by atoms with Gasteiger partial charge in [-0.2, -0.15) is 0 Å². The standard InChI is InChI=1S/C8H10N2O/c1-10-4-6-2-8(11)9-3-7(6)5-10/h2-3,7H,4-5H2,1H3. The third kappa shape index (κ3) is 1.12. The van der Waals surface area contributed by atoms with Gasteiger partial charge in [0, 0.05) is 31.3 Å². The Morgan fingerprint density at radius 1 is 1.73 bits per heavy atom. The molecule has 58 valence electrons. The third-order valence-corrected chi connectivity index (χ3v) is 2.13. The summed E-state index contributed by atoms with van der Waals surface area (Å²) in [5.74, 6) is 0.296.